The fourth-order valence-corrected chi connectivity index (χ4v) is 13.6. The lowest BCUT2D eigenvalue weighted by Gasteiger charge is -2.45. The maximum atomic E-state index is 17.4. The molecular formula is C53H69FO10Si2. The number of hydrogen-bond acceptors (Lipinski definition) is 10. The van der Waals surface area contributed by atoms with Gasteiger partial charge < -0.3 is 37.6 Å². The average molecular weight is 941 g/mol. The molecule has 0 amide bonds. The monoisotopic (exact) mass is 940 g/mol. The van der Waals surface area contributed by atoms with Crippen LogP contribution in [0.2, 0.25) is 30.7 Å². The predicted octanol–water partition coefficient (Wildman–Crippen LogP) is 10.8. The van der Waals surface area contributed by atoms with Crippen LogP contribution in [0.4, 0.5) is 4.39 Å². The van der Waals surface area contributed by atoms with Gasteiger partial charge in [0.25, 0.3) is 8.32 Å². The van der Waals surface area contributed by atoms with Crippen molar-refractivity contribution in [2.45, 2.75) is 116 Å². The largest absolute Gasteiger partial charge is 0.497 e. The van der Waals surface area contributed by atoms with E-state index in [1.165, 1.54) is 20.3 Å². The van der Waals surface area contributed by atoms with Crippen molar-refractivity contribution < 1.29 is 51.6 Å². The first-order valence-corrected chi connectivity index (χ1v) is 28.3. The molecule has 4 aromatic carbocycles. The summed E-state index contributed by atoms with van der Waals surface area (Å²) in [4.78, 5) is 27.5. The molecule has 1 unspecified atom stereocenters. The lowest BCUT2D eigenvalue weighted by molar-refractivity contribution is -0.154. The molecule has 356 valence electrons. The number of rotatable bonds is 21. The lowest BCUT2D eigenvalue weighted by atomic mass is 9.99. The number of benzene rings is 4. The highest BCUT2D eigenvalue weighted by molar-refractivity contribution is 6.99. The van der Waals surface area contributed by atoms with E-state index in [1.54, 1.807) is 68.5 Å². The second-order valence-corrected chi connectivity index (χ2v) is 29.3. The molecule has 13 heteroatoms. The van der Waals surface area contributed by atoms with Crippen LogP contribution in [-0.4, -0.2) is 86.2 Å². The first-order valence-electron chi connectivity index (χ1n) is 22.6. The minimum absolute atomic E-state index is 0.110. The van der Waals surface area contributed by atoms with E-state index in [9.17, 15) is 9.59 Å². The standard InChI is InChI=1S/C53H69FO10Si2/c1-37(38(2)64-66(52(3,4)5,42-26-18-14-19-27-42)43-28-20-15-21-29-43)33-44(54)48(61-50(55)39-23-16-13-17-24-39)49-45(62-53(6,7)63-49)30-22-25-40-34-41(58-9)35-46(60-36-57-8)47(40)51(56)59-31-32-65(10,11)12/h13-29,33-35,37-38,45,48-49H,30-32,36H2,1-12H3/b25-22+,44-33+/t37-,38-,45-,48?,49-/m0/s1. The number of hydrogen-bond donors (Lipinski definition) is 0. The summed E-state index contributed by atoms with van der Waals surface area (Å²) in [5.41, 5.74) is 0.928. The Kier molecular flexibility index (Phi) is 17.9. The van der Waals surface area contributed by atoms with Crippen molar-refractivity contribution in [2.75, 3.05) is 27.6 Å². The number of halogens is 1. The SMILES string of the molecule is COCOc1cc(OC)cc(/C=C/C[C@@H]2OC(C)(C)O[C@@H]2C(OC(=O)c2ccccc2)/C(F)=C\[C@H](C)[C@H](C)O[Si](c2ccccc2)(c2ccccc2)C(C)(C)C)c1C(=O)OCC[Si](C)(C)C. The number of carbonyl (C=O) groups excluding carboxylic acids is 2. The third kappa shape index (κ3) is 13.4. The summed E-state index contributed by atoms with van der Waals surface area (Å²) in [6.45, 7) is 20.7. The molecular weight excluding hydrogens is 872 g/mol. The Morgan fingerprint density at radius 1 is 0.848 bits per heavy atom. The number of methoxy groups -OCH3 is 2. The molecule has 0 spiro atoms. The highest BCUT2D eigenvalue weighted by Crippen LogP contribution is 2.40. The molecule has 0 N–H and O–H groups in total. The number of ether oxygens (including phenoxy) is 7. The van der Waals surface area contributed by atoms with Crippen LogP contribution in [-0.2, 0) is 28.1 Å². The number of esters is 2. The summed E-state index contributed by atoms with van der Waals surface area (Å²) in [7, 11) is -1.50. The molecule has 5 rings (SSSR count). The van der Waals surface area contributed by atoms with Crippen molar-refractivity contribution in [2.24, 2.45) is 5.92 Å². The van der Waals surface area contributed by atoms with Crippen molar-refractivity contribution in [3.63, 3.8) is 0 Å². The van der Waals surface area contributed by atoms with Gasteiger partial charge in [-0.05, 0) is 78.5 Å². The quantitative estimate of drug-likeness (QED) is 0.0455. The van der Waals surface area contributed by atoms with Gasteiger partial charge in [-0.15, -0.1) is 0 Å². The molecule has 0 aliphatic carbocycles. The Hall–Kier alpha value is -4.90. The fourth-order valence-electron chi connectivity index (χ4n) is 8.06. The molecule has 1 fully saturated rings. The van der Waals surface area contributed by atoms with E-state index in [2.05, 4.69) is 64.7 Å². The summed E-state index contributed by atoms with van der Waals surface area (Å²) >= 11 is 0. The van der Waals surface area contributed by atoms with Gasteiger partial charge in [0.15, 0.2) is 18.7 Å². The van der Waals surface area contributed by atoms with Crippen LogP contribution in [0.5, 0.6) is 11.5 Å². The van der Waals surface area contributed by atoms with Crippen molar-refractivity contribution in [3.8, 4) is 11.5 Å². The van der Waals surface area contributed by atoms with E-state index >= 15 is 4.39 Å². The zero-order valence-corrected chi connectivity index (χ0v) is 42.7. The van der Waals surface area contributed by atoms with Crippen molar-refractivity contribution in [1.82, 2.24) is 0 Å². The van der Waals surface area contributed by atoms with E-state index in [4.69, 9.17) is 37.6 Å². The van der Waals surface area contributed by atoms with E-state index in [-0.39, 0.29) is 41.7 Å². The Bertz CT molecular complexity index is 2220. The smallest absolute Gasteiger partial charge is 0.342 e. The summed E-state index contributed by atoms with van der Waals surface area (Å²) < 4.78 is 66.1. The molecule has 0 radical (unpaired) electrons. The molecule has 0 aromatic heterocycles. The van der Waals surface area contributed by atoms with Crippen LogP contribution in [0.3, 0.4) is 0 Å². The molecule has 5 atom stereocenters. The van der Waals surface area contributed by atoms with E-state index in [1.807, 2.05) is 50.2 Å². The van der Waals surface area contributed by atoms with Crippen LogP contribution in [0.1, 0.15) is 81.2 Å². The molecule has 1 heterocycles. The minimum Gasteiger partial charge on any atom is -0.497 e. The lowest BCUT2D eigenvalue weighted by Crippen LogP contribution is -2.67. The molecule has 66 heavy (non-hydrogen) atoms. The minimum atomic E-state index is -3.00. The summed E-state index contributed by atoms with van der Waals surface area (Å²) in [5, 5.41) is 1.91. The Balaban J connectivity index is 1.51. The normalized spacial score (nSPS) is 18.1. The van der Waals surface area contributed by atoms with E-state index in [0.29, 0.717) is 11.3 Å². The van der Waals surface area contributed by atoms with Gasteiger partial charge in [0.1, 0.15) is 29.0 Å². The zero-order valence-electron chi connectivity index (χ0n) is 40.7. The maximum Gasteiger partial charge on any atom is 0.342 e. The van der Waals surface area contributed by atoms with Crippen LogP contribution in [0, 0.1) is 5.92 Å². The Morgan fingerprint density at radius 2 is 1.44 bits per heavy atom. The topological polar surface area (TPSA) is 108 Å². The third-order valence-corrected chi connectivity index (χ3v) is 18.4. The van der Waals surface area contributed by atoms with Gasteiger partial charge in [-0.3, -0.25) is 0 Å². The van der Waals surface area contributed by atoms with E-state index in [0.717, 1.165) is 16.4 Å². The van der Waals surface area contributed by atoms with Gasteiger partial charge in [-0.2, -0.15) is 0 Å². The van der Waals surface area contributed by atoms with Crippen molar-refractivity contribution in [1.29, 1.82) is 0 Å². The highest BCUT2D eigenvalue weighted by Gasteiger charge is 2.52. The number of carbonyl (C=O) groups is 2. The predicted molar refractivity (Wildman–Crippen MR) is 264 cm³/mol. The van der Waals surface area contributed by atoms with Crippen LogP contribution < -0.4 is 19.8 Å². The second-order valence-electron chi connectivity index (χ2n) is 19.5. The molecule has 0 saturated carbocycles. The van der Waals surface area contributed by atoms with Crippen molar-refractivity contribution in [3.05, 3.63) is 138 Å². The zero-order chi connectivity index (χ0) is 48.3. The molecule has 4 aromatic rings. The van der Waals surface area contributed by atoms with Gasteiger partial charge >= 0.3 is 11.9 Å². The van der Waals surface area contributed by atoms with Gasteiger partial charge in [0.05, 0.1) is 25.4 Å². The molecule has 10 nitrogen and oxygen atoms in total. The average Bonchev–Trinajstić information content (AvgIpc) is 3.59. The van der Waals surface area contributed by atoms with Crippen LogP contribution in [0.15, 0.2) is 121 Å². The first-order chi connectivity index (χ1) is 31.2. The molecule has 1 aliphatic rings. The molecule has 0 bridgehead atoms. The van der Waals surface area contributed by atoms with Gasteiger partial charge in [-0.25, -0.2) is 14.0 Å². The van der Waals surface area contributed by atoms with Gasteiger partial charge in [-0.1, -0.05) is 138 Å². The van der Waals surface area contributed by atoms with Gasteiger partial charge in [0.2, 0.25) is 0 Å². The van der Waals surface area contributed by atoms with Crippen molar-refractivity contribution >= 4 is 44.8 Å². The molecule has 1 aliphatic heterocycles. The maximum absolute atomic E-state index is 17.4. The van der Waals surface area contributed by atoms with Crippen LogP contribution >= 0.6 is 0 Å². The fraction of sp³-hybridized carbons (Fsp3) is 0.434. The molecule has 1 saturated heterocycles. The summed E-state index contributed by atoms with van der Waals surface area (Å²) in [6, 6.07) is 33.2. The second kappa shape index (κ2) is 22.7. The first kappa shape index (κ1) is 52.1. The summed E-state index contributed by atoms with van der Waals surface area (Å²) in [5.74, 6) is -2.94. The summed E-state index contributed by atoms with van der Waals surface area (Å²) in [6.07, 6.45) is 1.35. The Labute approximate surface area is 393 Å². The third-order valence-electron chi connectivity index (χ3n) is 11.6. The highest BCUT2D eigenvalue weighted by atomic mass is 28.4. The van der Waals surface area contributed by atoms with Gasteiger partial charge in [0, 0.05) is 33.3 Å². The Morgan fingerprint density at radius 3 is 1.98 bits per heavy atom. The van der Waals surface area contributed by atoms with Crippen LogP contribution in [0.25, 0.3) is 6.08 Å². The van der Waals surface area contributed by atoms with E-state index < -0.39 is 70.3 Å².